The molecule has 510 valence electrons. The summed E-state index contributed by atoms with van der Waals surface area (Å²) in [6.45, 7) is 21.3. The Kier molecular flexibility index (Phi) is 24.3. The number of aromatic amines is 5. The van der Waals surface area contributed by atoms with E-state index in [1.54, 1.807) is 25.0 Å². The summed E-state index contributed by atoms with van der Waals surface area (Å²) >= 11 is 0. The number of aryl methyl sites for hydroxylation is 2. The van der Waals surface area contributed by atoms with Crippen molar-refractivity contribution in [3.05, 3.63) is 158 Å². The first-order valence-electron chi connectivity index (χ1n) is 32.7. The molecule has 2 aliphatic rings. The summed E-state index contributed by atoms with van der Waals surface area (Å²) in [5.74, 6) is 4.26. The Hall–Kier alpha value is -10.0. The van der Waals surface area contributed by atoms with Crippen molar-refractivity contribution in [3.63, 3.8) is 0 Å². The number of aliphatic hydroxyl groups excluding tert-OH is 1. The highest BCUT2D eigenvalue weighted by Crippen LogP contribution is 2.35. The minimum Gasteiger partial charge on any atom is -0.490 e. The number of nitrogen functional groups attached to an aromatic ring is 5. The molecule has 12 aromatic rings. The topological polar surface area (TPSA) is 327 Å². The van der Waals surface area contributed by atoms with Gasteiger partial charge in [-0.2, -0.15) is 0 Å². The Bertz CT molecular complexity index is 4290. The highest BCUT2D eigenvalue weighted by Gasteiger charge is 2.18. The number of likely N-dealkylation sites (N-methyl/N-ethyl adjacent to an activating group) is 2. The van der Waals surface area contributed by atoms with Crippen LogP contribution >= 0.6 is 0 Å². The quantitative estimate of drug-likeness (QED) is 0.0283. The van der Waals surface area contributed by atoms with E-state index in [0.29, 0.717) is 33.0 Å². The first-order chi connectivity index (χ1) is 46.7. The molecule has 0 amide bonds. The number of imidazole rings is 2. The van der Waals surface area contributed by atoms with Crippen molar-refractivity contribution in [2.45, 2.75) is 26.9 Å². The third-order valence-corrected chi connectivity index (χ3v) is 17.3. The molecule has 96 heavy (non-hydrogen) atoms. The molecule has 5 aromatic carbocycles. The molecule has 0 unspecified atom stereocenters. The van der Waals surface area contributed by atoms with Gasteiger partial charge < -0.3 is 101 Å². The maximum Gasteiger partial charge on any atom is 0.143 e. The lowest BCUT2D eigenvalue weighted by Crippen LogP contribution is -2.48. The number of fused-ring (bicyclic) bond motifs is 5. The van der Waals surface area contributed by atoms with Crippen molar-refractivity contribution < 1.29 is 28.8 Å². The van der Waals surface area contributed by atoms with Crippen LogP contribution in [-0.2, 0) is 13.1 Å². The number of piperazine rings is 2. The van der Waals surface area contributed by atoms with Crippen LogP contribution in [0, 0.1) is 13.8 Å². The van der Waals surface area contributed by atoms with Crippen molar-refractivity contribution in [3.8, 4) is 28.7 Å². The lowest BCUT2D eigenvalue weighted by atomic mass is 10.1. The Morgan fingerprint density at radius 2 is 0.781 bits per heavy atom. The number of anilines is 5. The molecule has 0 saturated carbocycles. The zero-order valence-corrected chi connectivity index (χ0v) is 55.9. The van der Waals surface area contributed by atoms with Gasteiger partial charge in [-0.05, 0) is 125 Å². The van der Waals surface area contributed by atoms with Gasteiger partial charge in [0.2, 0.25) is 0 Å². The summed E-state index contributed by atoms with van der Waals surface area (Å²) in [5.41, 5.74) is 40.7. The van der Waals surface area contributed by atoms with Crippen LogP contribution in [0.4, 0.5) is 28.4 Å². The number of nitrogens with one attached hydrogen (secondary N) is 5. The molecule has 0 atom stereocenters. The number of aliphatic hydroxyl groups is 1. The molecule has 2 fully saturated rings. The van der Waals surface area contributed by atoms with Crippen molar-refractivity contribution in [2.75, 3.05) is 168 Å². The van der Waals surface area contributed by atoms with E-state index >= 15 is 0 Å². The lowest BCUT2D eigenvalue weighted by Gasteiger charge is -2.34. The number of nitrogens with zero attached hydrogens (tertiary/aromatic N) is 9. The molecular formula is C71H95N19O6. The van der Waals surface area contributed by atoms with E-state index in [1.165, 1.54) is 5.56 Å². The zero-order chi connectivity index (χ0) is 67.3. The highest BCUT2D eigenvalue weighted by molar-refractivity contribution is 5.99. The summed E-state index contributed by atoms with van der Waals surface area (Å²) < 4.78 is 33.2. The Labute approximate surface area is 560 Å². The molecule has 2 saturated heterocycles. The van der Waals surface area contributed by atoms with Crippen LogP contribution in [0.3, 0.4) is 0 Å². The second-order valence-corrected chi connectivity index (χ2v) is 24.2. The highest BCUT2D eigenvalue weighted by atomic mass is 16.5. The molecule has 7 aromatic heterocycles. The van der Waals surface area contributed by atoms with Gasteiger partial charge in [0, 0.05) is 189 Å². The Morgan fingerprint density at radius 1 is 0.438 bits per heavy atom. The molecule has 16 N–H and O–H groups in total. The van der Waals surface area contributed by atoms with E-state index in [-0.39, 0.29) is 6.61 Å². The Morgan fingerprint density at radius 3 is 1.15 bits per heavy atom. The number of β-amino-alcohol motifs (C(OH)–C–C–N with tert-alkyl or cyclic N) is 1. The lowest BCUT2D eigenvalue weighted by molar-refractivity contribution is 0.102. The van der Waals surface area contributed by atoms with Crippen molar-refractivity contribution in [1.82, 2.24) is 68.5 Å². The summed E-state index contributed by atoms with van der Waals surface area (Å²) in [4.78, 5) is 35.6. The first kappa shape index (κ1) is 68.8. The molecule has 0 spiro atoms. The predicted molar refractivity (Wildman–Crippen MR) is 387 cm³/mol. The molecule has 9 heterocycles. The fourth-order valence-electron chi connectivity index (χ4n) is 11.5. The van der Waals surface area contributed by atoms with E-state index in [0.717, 1.165) is 209 Å². The number of hydrogen-bond acceptors (Lipinski definition) is 18. The van der Waals surface area contributed by atoms with Gasteiger partial charge in [-0.1, -0.05) is 0 Å². The van der Waals surface area contributed by atoms with Gasteiger partial charge >= 0.3 is 0 Å². The van der Waals surface area contributed by atoms with E-state index in [2.05, 4.69) is 73.4 Å². The number of ether oxygens (including phenoxy) is 5. The third-order valence-electron chi connectivity index (χ3n) is 17.3. The van der Waals surface area contributed by atoms with Crippen LogP contribution in [0.2, 0.25) is 0 Å². The number of nitrogens with two attached hydrogens (primary N) is 5. The smallest absolute Gasteiger partial charge is 0.143 e. The van der Waals surface area contributed by atoms with Gasteiger partial charge in [-0.25, -0.2) is 9.97 Å². The molecule has 0 radical (unpaired) electrons. The summed E-state index contributed by atoms with van der Waals surface area (Å²) in [7, 11) is 6.22. The monoisotopic (exact) mass is 1310 g/mol. The fraction of sp³-hybridized carbons (Fsp3) is 0.352. The number of hydrogen-bond donors (Lipinski definition) is 11. The normalized spacial score (nSPS) is 13.8. The second-order valence-electron chi connectivity index (χ2n) is 24.2. The van der Waals surface area contributed by atoms with Crippen LogP contribution in [0.5, 0.6) is 28.7 Å². The molecule has 0 bridgehead atoms. The average Bonchev–Trinajstić information content (AvgIpc) is 1.65. The van der Waals surface area contributed by atoms with Crippen molar-refractivity contribution in [2.24, 2.45) is 0 Å². The zero-order valence-electron chi connectivity index (χ0n) is 55.9. The Balaban J connectivity index is 0.000000131. The van der Waals surface area contributed by atoms with Crippen LogP contribution in [0.15, 0.2) is 147 Å². The standard InChI is InChI=1S/C16H24N4O2.C15H18N4O.C15H22N4O.C13H14N4O.C12H17N3O/c17-14-1-2-15(16-13(14)3-4-18-16)22-12-10-20-7-5-19(6-8-20)9-11-21;1-10-11(2)18-15-13(4-3-12(16)14(10)15)20-8-7-19-6-5-17-9-19;1-18-6-8-19(9-7-18)10-11-20-14-3-2-13(16)12-4-5-17-15(12)14;14-11-1-2-12(13-10(11)3-4-16-13)18-8-7-17-6-5-15-9-17;1-15(2)7-8-16-11-4-3-10(13)9-5-6-14-12(9)11/h1-4,18,21H,5-12,17H2;3-6,9,18H,7-8,16H2,1-2H3;2-5,17H,6-11,16H2,1H3;1-6,9,16H,7-8,14H2;3-6,14H,7-8,13H2,1-2H3. The van der Waals surface area contributed by atoms with Crippen LogP contribution in [0.1, 0.15) is 11.3 Å². The van der Waals surface area contributed by atoms with Crippen molar-refractivity contribution in [1.29, 1.82) is 0 Å². The number of benzene rings is 5. The molecule has 14 rings (SSSR count). The second kappa shape index (κ2) is 33.9. The molecular weight excluding hydrogens is 1210 g/mol. The van der Waals surface area contributed by atoms with Gasteiger partial charge in [0.15, 0.2) is 0 Å². The molecule has 25 heteroatoms. The minimum absolute atomic E-state index is 0.242. The molecule has 2 aliphatic heterocycles. The van der Waals surface area contributed by atoms with E-state index in [4.69, 9.17) is 57.5 Å². The van der Waals surface area contributed by atoms with Gasteiger partial charge in [0.05, 0.1) is 59.9 Å². The predicted octanol–water partition coefficient (Wildman–Crippen LogP) is 8.47. The summed E-state index contributed by atoms with van der Waals surface area (Å²) in [6.07, 6.45) is 18.4. The van der Waals surface area contributed by atoms with E-state index in [1.807, 2.05) is 152 Å². The summed E-state index contributed by atoms with van der Waals surface area (Å²) in [6, 6.07) is 26.9. The van der Waals surface area contributed by atoms with E-state index in [9.17, 15) is 0 Å². The third kappa shape index (κ3) is 18.3. The van der Waals surface area contributed by atoms with Crippen LogP contribution in [0.25, 0.3) is 54.5 Å². The van der Waals surface area contributed by atoms with Gasteiger partial charge in [0.25, 0.3) is 0 Å². The van der Waals surface area contributed by atoms with Crippen LogP contribution in [-0.4, -0.2) is 213 Å². The maximum absolute atomic E-state index is 8.95. The fourth-order valence-corrected chi connectivity index (χ4v) is 11.5. The average molecular weight is 1310 g/mol. The number of aromatic nitrogens is 9. The SMILES string of the molecule is CN(C)CCOc1ccc(N)c2cc[nH]c12.CN1CCN(CCOc2ccc(N)c3cc[nH]c23)CC1.Cc1[nH]c2c(OCCn3ccnc3)ccc(N)c2c1C.Nc1ccc(OCCN2CCN(CCO)CC2)c2[nH]ccc12.Nc1ccc(OCCn2ccnc2)c2[nH]ccc12. The van der Waals surface area contributed by atoms with Gasteiger partial charge in [-0.15, -0.1) is 0 Å². The summed E-state index contributed by atoms with van der Waals surface area (Å²) in [5, 5.41) is 14.1. The van der Waals surface area contributed by atoms with Crippen LogP contribution < -0.4 is 52.4 Å². The van der Waals surface area contributed by atoms with E-state index < -0.39 is 0 Å². The number of H-pyrrole nitrogens is 5. The molecule has 0 aliphatic carbocycles. The number of rotatable bonds is 22. The minimum atomic E-state index is 0.242. The van der Waals surface area contributed by atoms with Gasteiger partial charge in [-0.3, -0.25) is 14.7 Å². The molecule has 25 nitrogen and oxygen atoms in total. The van der Waals surface area contributed by atoms with Crippen molar-refractivity contribution >= 4 is 83.0 Å². The van der Waals surface area contributed by atoms with Gasteiger partial charge in [0.1, 0.15) is 61.8 Å². The first-order valence-corrected chi connectivity index (χ1v) is 32.7. The maximum atomic E-state index is 8.95. The largest absolute Gasteiger partial charge is 0.490 e.